The second-order valence-corrected chi connectivity index (χ2v) is 5.40. The van der Waals surface area contributed by atoms with Gasteiger partial charge in [-0.25, -0.2) is 0 Å². The minimum absolute atomic E-state index is 0.169. The molecule has 2 heterocycles. The highest BCUT2D eigenvalue weighted by molar-refractivity contribution is 5.78. The monoisotopic (exact) mass is 239 g/mol. The predicted molar refractivity (Wildman–Crippen MR) is 68.8 cm³/mol. The molecular formula is C13H25N3O. The van der Waals surface area contributed by atoms with Crippen LogP contribution < -0.4 is 10.6 Å². The maximum absolute atomic E-state index is 11.8. The summed E-state index contributed by atoms with van der Waals surface area (Å²) in [6, 6.07) is 0. The fourth-order valence-electron chi connectivity index (χ4n) is 2.56. The highest BCUT2D eigenvalue weighted by atomic mass is 16.1. The van der Waals surface area contributed by atoms with E-state index in [9.17, 15) is 4.79 Å². The second kappa shape index (κ2) is 6.36. The van der Waals surface area contributed by atoms with Crippen molar-refractivity contribution in [2.45, 2.75) is 26.2 Å². The first kappa shape index (κ1) is 12.8. The van der Waals surface area contributed by atoms with Crippen LogP contribution in [0.4, 0.5) is 0 Å². The fraction of sp³-hybridized carbons (Fsp3) is 0.923. The molecule has 0 radical (unpaired) electrons. The highest BCUT2D eigenvalue weighted by Gasteiger charge is 2.28. The molecule has 17 heavy (non-hydrogen) atoms. The number of amides is 1. The van der Waals surface area contributed by atoms with Gasteiger partial charge in [-0.05, 0) is 57.9 Å². The Bertz CT molecular complexity index is 247. The molecule has 2 aliphatic rings. The SMILES string of the molecule is CC(C(=O)NCCCN1CCCC1)C1CNC1. The summed E-state index contributed by atoms with van der Waals surface area (Å²) in [6.45, 7) is 8.52. The summed E-state index contributed by atoms with van der Waals surface area (Å²) in [5, 5.41) is 6.28. The third-order valence-corrected chi connectivity index (χ3v) is 4.08. The average molecular weight is 239 g/mol. The molecule has 98 valence electrons. The van der Waals surface area contributed by atoms with Crippen molar-refractivity contribution >= 4 is 5.91 Å². The van der Waals surface area contributed by atoms with Gasteiger partial charge in [0.05, 0.1) is 0 Å². The number of nitrogens with one attached hydrogen (secondary N) is 2. The van der Waals surface area contributed by atoms with Gasteiger partial charge in [-0.15, -0.1) is 0 Å². The molecule has 0 aromatic rings. The molecule has 4 nitrogen and oxygen atoms in total. The van der Waals surface area contributed by atoms with Crippen molar-refractivity contribution in [3.63, 3.8) is 0 Å². The molecule has 1 atom stereocenters. The van der Waals surface area contributed by atoms with Crippen LogP contribution in [0.5, 0.6) is 0 Å². The van der Waals surface area contributed by atoms with Crippen LogP contribution in [-0.2, 0) is 4.79 Å². The normalized spacial score (nSPS) is 23.4. The lowest BCUT2D eigenvalue weighted by atomic mass is 9.88. The quantitative estimate of drug-likeness (QED) is 0.661. The largest absolute Gasteiger partial charge is 0.356 e. The van der Waals surface area contributed by atoms with Crippen LogP contribution in [0.2, 0.25) is 0 Å². The molecule has 0 bridgehead atoms. The van der Waals surface area contributed by atoms with Gasteiger partial charge in [-0.1, -0.05) is 6.92 Å². The number of likely N-dealkylation sites (tertiary alicyclic amines) is 1. The van der Waals surface area contributed by atoms with Gasteiger partial charge in [0.25, 0.3) is 0 Å². The molecule has 0 aromatic carbocycles. The van der Waals surface area contributed by atoms with E-state index in [1.807, 2.05) is 6.92 Å². The Morgan fingerprint density at radius 1 is 1.41 bits per heavy atom. The molecule has 2 rings (SSSR count). The second-order valence-electron chi connectivity index (χ2n) is 5.40. The van der Waals surface area contributed by atoms with Crippen molar-refractivity contribution in [2.75, 3.05) is 39.3 Å². The van der Waals surface area contributed by atoms with E-state index in [1.54, 1.807) is 0 Å². The molecule has 1 unspecified atom stereocenters. The van der Waals surface area contributed by atoms with Crippen LogP contribution in [0.1, 0.15) is 26.2 Å². The van der Waals surface area contributed by atoms with E-state index in [0.717, 1.165) is 32.6 Å². The maximum atomic E-state index is 11.8. The minimum atomic E-state index is 0.169. The molecule has 2 fully saturated rings. The summed E-state index contributed by atoms with van der Waals surface area (Å²) in [4.78, 5) is 14.3. The Balaban J connectivity index is 1.53. The highest BCUT2D eigenvalue weighted by Crippen LogP contribution is 2.15. The number of carbonyl (C=O) groups excluding carboxylic acids is 1. The summed E-state index contributed by atoms with van der Waals surface area (Å²) in [5.74, 6) is 0.953. The van der Waals surface area contributed by atoms with E-state index in [4.69, 9.17) is 0 Å². The Hall–Kier alpha value is -0.610. The van der Waals surface area contributed by atoms with Crippen molar-refractivity contribution in [1.29, 1.82) is 0 Å². The zero-order valence-electron chi connectivity index (χ0n) is 10.9. The van der Waals surface area contributed by atoms with Crippen LogP contribution in [0.25, 0.3) is 0 Å². The molecule has 2 aliphatic heterocycles. The fourth-order valence-corrected chi connectivity index (χ4v) is 2.56. The lowest BCUT2D eigenvalue weighted by Gasteiger charge is -2.31. The molecule has 4 heteroatoms. The van der Waals surface area contributed by atoms with Crippen molar-refractivity contribution in [2.24, 2.45) is 11.8 Å². The van der Waals surface area contributed by atoms with Gasteiger partial charge in [0.1, 0.15) is 0 Å². The molecule has 0 aromatic heterocycles. The lowest BCUT2D eigenvalue weighted by molar-refractivity contribution is -0.126. The smallest absolute Gasteiger partial charge is 0.223 e. The van der Waals surface area contributed by atoms with Crippen LogP contribution >= 0.6 is 0 Å². The van der Waals surface area contributed by atoms with Gasteiger partial charge in [-0.2, -0.15) is 0 Å². The number of rotatable bonds is 6. The standard InChI is InChI=1S/C13H25N3O/c1-11(12-9-14-10-12)13(17)15-5-4-8-16-6-2-3-7-16/h11-12,14H,2-10H2,1H3,(H,15,17). The molecule has 2 saturated heterocycles. The first-order chi connectivity index (χ1) is 8.27. The van der Waals surface area contributed by atoms with E-state index < -0.39 is 0 Å². The zero-order chi connectivity index (χ0) is 12.1. The van der Waals surface area contributed by atoms with Gasteiger partial charge < -0.3 is 15.5 Å². The summed E-state index contributed by atoms with van der Waals surface area (Å²) in [7, 11) is 0. The van der Waals surface area contributed by atoms with E-state index in [0.29, 0.717) is 5.92 Å². The lowest BCUT2D eigenvalue weighted by Crippen LogP contribution is -2.49. The Labute approximate surface area is 104 Å². The maximum Gasteiger partial charge on any atom is 0.223 e. The van der Waals surface area contributed by atoms with E-state index in [2.05, 4.69) is 15.5 Å². The topological polar surface area (TPSA) is 44.4 Å². The van der Waals surface area contributed by atoms with Gasteiger partial charge in [-0.3, -0.25) is 4.79 Å². The number of hydrogen-bond donors (Lipinski definition) is 2. The summed E-state index contributed by atoms with van der Waals surface area (Å²) >= 11 is 0. The Morgan fingerprint density at radius 3 is 2.71 bits per heavy atom. The molecule has 0 saturated carbocycles. The first-order valence-electron chi connectivity index (χ1n) is 6.98. The molecule has 2 N–H and O–H groups in total. The van der Waals surface area contributed by atoms with Crippen LogP contribution in [0.15, 0.2) is 0 Å². The van der Waals surface area contributed by atoms with Gasteiger partial charge >= 0.3 is 0 Å². The number of nitrogens with zero attached hydrogens (tertiary/aromatic N) is 1. The molecular weight excluding hydrogens is 214 g/mol. The Morgan fingerprint density at radius 2 is 2.12 bits per heavy atom. The number of hydrogen-bond acceptors (Lipinski definition) is 3. The summed E-state index contributed by atoms with van der Waals surface area (Å²) in [6.07, 6.45) is 3.78. The van der Waals surface area contributed by atoms with Crippen molar-refractivity contribution in [3.8, 4) is 0 Å². The van der Waals surface area contributed by atoms with E-state index in [-0.39, 0.29) is 11.8 Å². The van der Waals surface area contributed by atoms with Crippen molar-refractivity contribution in [3.05, 3.63) is 0 Å². The van der Waals surface area contributed by atoms with Crippen molar-refractivity contribution in [1.82, 2.24) is 15.5 Å². The number of carbonyl (C=O) groups is 1. The van der Waals surface area contributed by atoms with Crippen LogP contribution in [-0.4, -0.2) is 50.1 Å². The summed E-state index contributed by atoms with van der Waals surface area (Å²) < 4.78 is 0. The van der Waals surface area contributed by atoms with E-state index in [1.165, 1.54) is 25.9 Å². The van der Waals surface area contributed by atoms with Gasteiger partial charge in [0.2, 0.25) is 5.91 Å². The van der Waals surface area contributed by atoms with Gasteiger partial charge in [0.15, 0.2) is 0 Å². The van der Waals surface area contributed by atoms with Gasteiger partial charge in [0, 0.05) is 12.5 Å². The third-order valence-electron chi connectivity index (χ3n) is 4.08. The average Bonchev–Trinajstić information content (AvgIpc) is 2.74. The Kier molecular flexibility index (Phi) is 4.80. The third kappa shape index (κ3) is 3.68. The summed E-state index contributed by atoms with van der Waals surface area (Å²) in [5.41, 5.74) is 0. The molecule has 1 amide bonds. The predicted octanol–water partition coefficient (Wildman–Crippen LogP) is 0.444. The van der Waals surface area contributed by atoms with Crippen molar-refractivity contribution < 1.29 is 4.79 Å². The molecule has 0 spiro atoms. The van der Waals surface area contributed by atoms with Crippen LogP contribution in [0, 0.1) is 11.8 Å². The van der Waals surface area contributed by atoms with E-state index >= 15 is 0 Å². The molecule has 0 aliphatic carbocycles. The zero-order valence-corrected chi connectivity index (χ0v) is 10.9. The first-order valence-corrected chi connectivity index (χ1v) is 6.98. The minimum Gasteiger partial charge on any atom is -0.356 e. The van der Waals surface area contributed by atoms with Crippen LogP contribution in [0.3, 0.4) is 0 Å².